The Morgan fingerprint density at radius 2 is 2.22 bits per heavy atom. The van der Waals surface area contributed by atoms with Crippen molar-refractivity contribution in [2.24, 2.45) is 11.8 Å². The van der Waals surface area contributed by atoms with Crippen molar-refractivity contribution >= 4 is 11.8 Å². The van der Waals surface area contributed by atoms with Crippen molar-refractivity contribution in [2.75, 3.05) is 6.54 Å². The normalized spacial score (nSPS) is 32.4. The lowest BCUT2D eigenvalue weighted by molar-refractivity contribution is 0.251. The summed E-state index contributed by atoms with van der Waals surface area (Å²) in [6.07, 6.45) is 6.07. The first-order valence-corrected chi connectivity index (χ1v) is 7.74. The van der Waals surface area contributed by atoms with Crippen LogP contribution in [0.2, 0.25) is 0 Å². The highest BCUT2D eigenvalue weighted by Crippen LogP contribution is 2.38. The molecule has 1 aromatic heterocycles. The first-order valence-electron chi connectivity index (χ1n) is 6.86. The van der Waals surface area contributed by atoms with E-state index >= 15 is 0 Å². The maximum Gasteiger partial charge on any atom is 0.116 e. The molecular weight excluding hydrogens is 242 g/mol. The van der Waals surface area contributed by atoms with E-state index in [0.717, 1.165) is 23.4 Å². The second kappa shape index (κ2) is 6.53. The summed E-state index contributed by atoms with van der Waals surface area (Å²) in [5.41, 5.74) is 0. The van der Waals surface area contributed by atoms with E-state index in [1.807, 2.05) is 24.0 Å². The summed E-state index contributed by atoms with van der Waals surface area (Å²) in [7, 11) is 0. The van der Waals surface area contributed by atoms with Crippen molar-refractivity contribution < 1.29 is 0 Å². The molecule has 0 spiro atoms. The van der Waals surface area contributed by atoms with Crippen LogP contribution < -0.4 is 5.32 Å². The lowest BCUT2D eigenvalue weighted by Gasteiger charge is -2.39. The number of hydrogen-bond acceptors (Lipinski definition) is 4. The zero-order valence-electron chi connectivity index (χ0n) is 11.5. The lowest BCUT2D eigenvalue weighted by Crippen LogP contribution is -2.46. The maximum atomic E-state index is 4.34. The summed E-state index contributed by atoms with van der Waals surface area (Å²) in [5, 5.41) is 5.37. The van der Waals surface area contributed by atoms with Crippen molar-refractivity contribution in [1.82, 2.24) is 15.3 Å². The first kappa shape index (κ1) is 13.8. The second-order valence-electron chi connectivity index (χ2n) is 5.35. The minimum atomic E-state index is 0.605. The fourth-order valence-electron chi connectivity index (χ4n) is 2.98. The molecule has 1 aliphatic rings. The minimum absolute atomic E-state index is 0.605. The van der Waals surface area contributed by atoms with E-state index in [9.17, 15) is 0 Å². The first-order chi connectivity index (χ1) is 8.70. The summed E-state index contributed by atoms with van der Waals surface area (Å²) in [5.74, 6) is 1.56. The van der Waals surface area contributed by atoms with Gasteiger partial charge >= 0.3 is 0 Å². The van der Waals surface area contributed by atoms with Gasteiger partial charge in [0.25, 0.3) is 0 Å². The van der Waals surface area contributed by atoms with Crippen LogP contribution in [0, 0.1) is 11.8 Å². The SMILES string of the molecule is CCNC1CC(C)CC(C)C1Sc1ccncn1. The lowest BCUT2D eigenvalue weighted by atomic mass is 9.80. The summed E-state index contributed by atoms with van der Waals surface area (Å²) < 4.78 is 0. The minimum Gasteiger partial charge on any atom is -0.313 e. The van der Waals surface area contributed by atoms with Crippen LogP contribution in [0.5, 0.6) is 0 Å². The number of nitrogens with zero attached hydrogens (tertiary/aromatic N) is 2. The van der Waals surface area contributed by atoms with Crippen molar-refractivity contribution in [3.8, 4) is 0 Å². The maximum absolute atomic E-state index is 4.34. The standard InChI is InChI=1S/C14H23N3S/c1-4-16-12-8-10(2)7-11(3)14(12)18-13-5-6-15-9-17-13/h5-6,9-12,14,16H,4,7-8H2,1-3H3. The molecule has 0 aliphatic heterocycles. The molecule has 0 amide bonds. The molecule has 1 N–H and O–H groups in total. The van der Waals surface area contributed by atoms with Gasteiger partial charge in [0, 0.05) is 17.5 Å². The van der Waals surface area contributed by atoms with Crippen LogP contribution in [-0.4, -0.2) is 27.8 Å². The van der Waals surface area contributed by atoms with Crippen molar-refractivity contribution in [3.63, 3.8) is 0 Å². The van der Waals surface area contributed by atoms with Crippen LogP contribution >= 0.6 is 11.8 Å². The molecular formula is C14H23N3S. The Kier molecular flexibility index (Phi) is 5.01. The molecule has 1 aliphatic carbocycles. The Morgan fingerprint density at radius 3 is 2.89 bits per heavy atom. The molecule has 4 atom stereocenters. The monoisotopic (exact) mass is 265 g/mol. The van der Waals surface area contributed by atoms with Crippen LogP contribution in [-0.2, 0) is 0 Å². The molecule has 2 rings (SSSR count). The molecule has 1 heterocycles. The number of rotatable bonds is 4. The Hall–Kier alpha value is -0.610. The van der Waals surface area contributed by atoms with Gasteiger partial charge in [-0.05, 0) is 37.3 Å². The summed E-state index contributed by atoms with van der Waals surface area (Å²) >= 11 is 1.91. The highest BCUT2D eigenvalue weighted by molar-refractivity contribution is 7.99. The van der Waals surface area contributed by atoms with Gasteiger partial charge in [0.2, 0.25) is 0 Å². The average molecular weight is 265 g/mol. The number of aromatic nitrogens is 2. The topological polar surface area (TPSA) is 37.8 Å². The quantitative estimate of drug-likeness (QED) is 0.849. The number of thioether (sulfide) groups is 1. The highest BCUT2D eigenvalue weighted by Gasteiger charge is 2.34. The molecule has 0 radical (unpaired) electrons. The fraction of sp³-hybridized carbons (Fsp3) is 0.714. The van der Waals surface area contributed by atoms with Crippen LogP contribution in [0.3, 0.4) is 0 Å². The molecule has 4 heteroatoms. The van der Waals surface area contributed by atoms with Crippen LogP contribution in [0.25, 0.3) is 0 Å². The number of nitrogens with one attached hydrogen (secondary N) is 1. The third-order valence-electron chi connectivity index (χ3n) is 3.67. The van der Waals surface area contributed by atoms with Crippen LogP contribution in [0.15, 0.2) is 23.6 Å². The van der Waals surface area contributed by atoms with E-state index in [0.29, 0.717) is 11.3 Å². The molecule has 3 nitrogen and oxygen atoms in total. The van der Waals surface area contributed by atoms with Gasteiger partial charge in [-0.2, -0.15) is 0 Å². The molecule has 100 valence electrons. The van der Waals surface area contributed by atoms with Gasteiger partial charge in [-0.25, -0.2) is 9.97 Å². The predicted octanol–water partition coefficient (Wildman–Crippen LogP) is 2.98. The van der Waals surface area contributed by atoms with E-state index in [4.69, 9.17) is 0 Å². The van der Waals surface area contributed by atoms with Gasteiger partial charge in [-0.1, -0.05) is 20.8 Å². The second-order valence-corrected chi connectivity index (χ2v) is 6.55. The average Bonchev–Trinajstić information content (AvgIpc) is 2.35. The van der Waals surface area contributed by atoms with Gasteiger partial charge in [0.15, 0.2) is 0 Å². The van der Waals surface area contributed by atoms with Gasteiger partial charge in [-0.15, -0.1) is 11.8 Å². The van der Waals surface area contributed by atoms with Gasteiger partial charge in [-0.3, -0.25) is 0 Å². The van der Waals surface area contributed by atoms with Crippen LogP contribution in [0.1, 0.15) is 33.6 Å². The van der Waals surface area contributed by atoms with Gasteiger partial charge in [0.1, 0.15) is 6.33 Å². The van der Waals surface area contributed by atoms with Gasteiger partial charge < -0.3 is 5.32 Å². The zero-order chi connectivity index (χ0) is 13.0. The Labute approximate surface area is 114 Å². The molecule has 1 aromatic rings. The summed E-state index contributed by atoms with van der Waals surface area (Å²) in [6, 6.07) is 2.62. The Bertz CT molecular complexity index is 357. The predicted molar refractivity (Wildman–Crippen MR) is 76.7 cm³/mol. The van der Waals surface area contributed by atoms with Crippen molar-refractivity contribution in [1.29, 1.82) is 0 Å². The number of hydrogen-bond donors (Lipinski definition) is 1. The summed E-state index contributed by atoms with van der Waals surface area (Å²) in [4.78, 5) is 8.33. The molecule has 0 saturated heterocycles. The van der Waals surface area contributed by atoms with E-state index in [-0.39, 0.29) is 0 Å². The third kappa shape index (κ3) is 3.45. The molecule has 4 unspecified atom stereocenters. The molecule has 1 fully saturated rings. The molecule has 0 aromatic carbocycles. The van der Waals surface area contributed by atoms with E-state index < -0.39 is 0 Å². The Morgan fingerprint density at radius 1 is 1.39 bits per heavy atom. The van der Waals surface area contributed by atoms with E-state index in [2.05, 4.69) is 36.1 Å². The Balaban J connectivity index is 2.07. The molecule has 0 bridgehead atoms. The highest BCUT2D eigenvalue weighted by atomic mass is 32.2. The van der Waals surface area contributed by atoms with Crippen molar-refractivity contribution in [3.05, 3.63) is 18.6 Å². The molecule has 1 saturated carbocycles. The molecule has 18 heavy (non-hydrogen) atoms. The van der Waals surface area contributed by atoms with Crippen LogP contribution in [0.4, 0.5) is 0 Å². The third-order valence-corrected chi connectivity index (χ3v) is 5.21. The van der Waals surface area contributed by atoms with Gasteiger partial charge in [0.05, 0.1) is 5.03 Å². The van der Waals surface area contributed by atoms with E-state index in [1.54, 1.807) is 6.33 Å². The zero-order valence-corrected chi connectivity index (χ0v) is 12.3. The largest absolute Gasteiger partial charge is 0.313 e. The van der Waals surface area contributed by atoms with Crippen molar-refractivity contribution in [2.45, 2.75) is 49.9 Å². The summed E-state index contributed by atoms with van der Waals surface area (Å²) in [6.45, 7) is 7.98. The van der Waals surface area contributed by atoms with E-state index in [1.165, 1.54) is 12.8 Å². The fourth-order valence-corrected chi connectivity index (χ4v) is 4.22. The smallest absolute Gasteiger partial charge is 0.116 e.